The number of carbonyl (C=O) groups excluding carboxylic acids is 1. The molecule has 3 N–H and O–H groups in total. The minimum absolute atomic E-state index is 0.0222. The van der Waals surface area contributed by atoms with Gasteiger partial charge in [0.25, 0.3) is 0 Å². The number of amides is 1. The third-order valence-corrected chi connectivity index (χ3v) is 8.27. The van der Waals surface area contributed by atoms with Gasteiger partial charge in [0, 0.05) is 55.3 Å². The quantitative estimate of drug-likeness (QED) is 0.455. The van der Waals surface area contributed by atoms with E-state index >= 15 is 0 Å². The maximum atomic E-state index is 13.3. The van der Waals surface area contributed by atoms with Gasteiger partial charge in [-0.1, -0.05) is 54.1 Å². The molecule has 190 valence electrons. The smallest absolute Gasteiger partial charge is 0.225 e. The zero-order valence-electron chi connectivity index (χ0n) is 20.8. The summed E-state index contributed by atoms with van der Waals surface area (Å²) in [6, 6.07) is 16.0. The Morgan fingerprint density at radius 2 is 1.86 bits per heavy atom. The number of halogens is 1. The van der Waals surface area contributed by atoms with Crippen molar-refractivity contribution in [3.05, 3.63) is 59.1 Å². The van der Waals surface area contributed by atoms with Crippen LogP contribution in [0.1, 0.15) is 56.9 Å². The highest BCUT2D eigenvalue weighted by Crippen LogP contribution is 2.45. The van der Waals surface area contributed by atoms with Crippen molar-refractivity contribution in [1.29, 1.82) is 0 Å². The number of nitrogens with zero attached hydrogens (tertiary/aromatic N) is 1. The van der Waals surface area contributed by atoms with Gasteiger partial charge in [-0.2, -0.15) is 0 Å². The summed E-state index contributed by atoms with van der Waals surface area (Å²) in [5.74, 6) is 0.180. The number of piperidine rings is 1. The van der Waals surface area contributed by atoms with E-state index < -0.39 is 5.60 Å². The van der Waals surface area contributed by atoms with E-state index in [0.29, 0.717) is 24.6 Å². The molecule has 1 aliphatic heterocycles. The van der Waals surface area contributed by atoms with Crippen molar-refractivity contribution in [2.45, 2.75) is 63.0 Å². The number of hydrogen-bond donors (Lipinski definition) is 2. The molecule has 2 fully saturated rings. The number of rotatable bonds is 9. The van der Waals surface area contributed by atoms with Crippen molar-refractivity contribution < 1.29 is 14.6 Å². The summed E-state index contributed by atoms with van der Waals surface area (Å²) in [5.41, 5.74) is 7.79. The first-order valence-corrected chi connectivity index (χ1v) is 13.4. The van der Waals surface area contributed by atoms with Crippen LogP contribution < -0.4 is 5.73 Å². The van der Waals surface area contributed by atoms with E-state index in [1.54, 1.807) is 7.11 Å². The lowest BCUT2D eigenvalue weighted by molar-refractivity contribution is -0.140. The van der Waals surface area contributed by atoms with E-state index in [1.807, 2.05) is 53.4 Å². The summed E-state index contributed by atoms with van der Waals surface area (Å²) in [7, 11) is 1.71. The third kappa shape index (κ3) is 5.91. The Labute approximate surface area is 214 Å². The molecule has 0 bridgehead atoms. The Kier molecular flexibility index (Phi) is 8.87. The predicted molar refractivity (Wildman–Crippen MR) is 141 cm³/mol. The van der Waals surface area contributed by atoms with Gasteiger partial charge in [0.1, 0.15) is 0 Å². The van der Waals surface area contributed by atoms with Gasteiger partial charge >= 0.3 is 0 Å². The van der Waals surface area contributed by atoms with Crippen molar-refractivity contribution >= 4 is 17.5 Å². The van der Waals surface area contributed by atoms with Gasteiger partial charge in [0.05, 0.1) is 5.60 Å². The average Bonchev–Trinajstić information content (AvgIpc) is 3.32. The van der Waals surface area contributed by atoms with Crippen LogP contribution in [0.5, 0.6) is 0 Å². The third-order valence-electron chi connectivity index (χ3n) is 7.94. The summed E-state index contributed by atoms with van der Waals surface area (Å²) in [4.78, 5) is 15.3. The number of unbranched alkanes of at least 4 members (excludes halogenated alkanes) is 1. The minimum Gasteiger partial charge on any atom is -0.385 e. The highest BCUT2D eigenvalue weighted by Gasteiger charge is 2.43. The standard InChI is InChI=1S/C29H39ClN2O3/c1-35-18-7-6-16-29(34,26-12-4-2-10-24(26)25-11-3-5-13-27(25)30)22-9-8-17-32(20-22)28(33)21-14-15-23(31)19-21/h2-5,10-13,21-23,34H,6-9,14-20,31H2,1H3. The van der Waals surface area contributed by atoms with Crippen molar-refractivity contribution in [1.82, 2.24) is 4.90 Å². The molecule has 0 spiro atoms. The van der Waals surface area contributed by atoms with Crippen LogP contribution in [0.4, 0.5) is 0 Å². The van der Waals surface area contributed by atoms with Gasteiger partial charge in [-0.3, -0.25) is 4.79 Å². The molecule has 2 aliphatic rings. The Morgan fingerprint density at radius 3 is 2.57 bits per heavy atom. The van der Waals surface area contributed by atoms with Crippen molar-refractivity contribution in [3.8, 4) is 11.1 Å². The molecule has 2 aromatic rings. The predicted octanol–water partition coefficient (Wildman–Crippen LogP) is 5.38. The fraction of sp³-hybridized carbons (Fsp3) is 0.552. The van der Waals surface area contributed by atoms with Gasteiger partial charge in [-0.25, -0.2) is 0 Å². The molecule has 4 unspecified atom stereocenters. The van der Waals surface area contributed by atoms with Gasteiger partial charge < -0.3 is 20.5 Å². The van der Waals surface area contributed by atoms with Gasteiger partial charge in [0.15, 0.2) is 0 Å². The SMILES string of the molecule is COCCCCC(O)(c1ccccc1-c1ccccc1Cl)C1CCCN(C(=O)C2CCC(N)C2)C1. The van der Waals surface area contributed by atoms with Crippen LogP contribution in [0.25, 0.3) is 11.1 Å². The summed E-state index contributed by atoms with van der Waals surface area (Å²) in [6.45, 7) is 1.99. The van der Waals surface area contributed by atoms with Gasteiger partial charge in [0.2, 0.25) is 5.91 Å². The topological polar surface area (TPSA) is 75.8 Å². The van der Waals surface area contributed by atoms with Crippen LogP contribution in [-0.4, -0.2) is 48.8 Å². The molecule has 1 saturated heterocycles. The molecule has 5 nitrogen and oxygen atoms in total. The molecule has 1 amide bonds. The molecule has 1 heterocycles. The van der Waals surface area contributed by atoms with E-state index in [9.17, 15) is 9.90 Å². The van der Waals surface area contributed by atoms with E-state index in [0.717, 1.165) is 68.2 Å². The molecule has 0 aromatic heterocycles. The van der Waals surface area contributed by atoms with E-state index in [4.69, 9.17) is 22.1 Å². The maximum Gasteiger partial charge on any atom is 0.225 e. The Bertz CT molecular complexity index is 999. The van der Waals surface area contributed by atoms with E-state index in [-0.39, 0.29) is 23.8 Å². The molecule has 4 rings (SSSR count). The van der Waals surface area contributed by atoms with Crippen molar-refractivity contribution in [2.75, 3.05) is 26.8 Å². The number of ether oxygens (including phenoxy) is 1. The lowest BCUT2D eigenvalue weighted by Gasteiger charge is -2.44. The fourth-order valence-electron chi connectivity index (χ4n) is 6.04. The lowest BCUT2D eigenvalue weighted by Crippen LogP contribution is -2.49. The number of likely N-dealkylation sites (tertiary alicyclic amines) is 1. The second-order valence-electron chi connectivity index (χ2n) is 10.3. The zero-order valence-corrected chi connectivity index (χ0v) is 21.6. The number of methoxy groups -OCH3 is 1. The summed E-state index contributed by atoms with van der Waals surface area (Å²) < 4.78 is 5.27. The Balaban J connectivity index is 1.65. The second kappa shape index (κ2) is 11.9. The molecule has 6 heteroatoms. The Morgan fingerprint density at radius 1 is 1.11 bits per heavy atom. The number of benzene rings is 2. The number of hydrogen-bond acceptors (Lipinski definition) is 4. The largest absolute Gasteiger partial charge is 0.385 e. The molecule has 1 saturated carbocycles. The van der Waals surface area contributed by atoms with Gasteiger partial charge in [-0.15, -0.1) is 0 Å². The Hall–Kier alpha value is -1.92. The van der Waals surface area contributed by atoms with Crippen LogP contribution in [0, 0.1) is 11.8 Å². The van der Waals surface area contributed by atoms with Gasteiger partial charge in [-0.05, 0) is 68.6 Å². The van der Waals surface area contributed by atoms with Crippen LogP contribution >= 0.6 is 11.6 Å². The molecule has 4 atom stereocenters. The summed E-state index contributed by atoms with van der Waals surface area (Å²) in [5, 5.41) is 13.2. The molecular weight excluding hydrogens is 460 g/mol. The molecule has 2 aromatic carbocycles. The number of nitrogens with two attached hydrogens (primary N) is 1. The average molecular weight is 499 g/mol. The summed E-state index contributed by atoms with van der Waals surface area (Å²) in [6.07, 6.45) is 6.66. The monoisotopic (exact) mass is 498 g/mol. The number of carbonyl (C=O) groups is 1. The molecule has 1 aliphatic carbocycles. The minimum atomic E-state index is -1.07. The first-order chi connectivity index (χ1) is 16.9. The van der Waals surface area contributed by atoms with Crippen molar-refractivity contribution in [3.63, 3.8) is 0 Å². The van der Waals surface area contributed by atoms with Crippen LogP contribution in [0.2, 0.25) is 5.02 Å². The molecule has 0 radical (unpaired) electrons. The first-order valence-electron chi connectivity index (χ1n) is 13.0. The molecule has 35 heavy (non-hydrogen) atoms. The zero-order chi connectivity index (χ0) is 24.8. The van der Waals surface area contributed by atoms with Crippen LogP contribution in [-0.2, 0) is 15.1 Å². The van der Waals surface area contributed by atoms with E-state index in [1.165, 1.54) is 0 Å². The molecular formula is C29H39ClN2O3. The highest BCUT2D eigenvalue weighted by molar-refractivity contribution is 6.33. The normalized spacial score (nSPS) is 24.3. The van der Waals surface area contributed by atoms with E-state index in [2.05, 4.69) is 0 Å². The fourth-order valence-corrected chi connectivity index (χ4v) is 6.28. The number of aliphatic hydroxyl groups is 1. The highest BCUT2D eigenvalue weighted by atomic mass is 35.5. The second-order valence-corrected chi connectivity index (χ2v) is 10.7. The van der Waals surface area contributed by atoms with Crippen molar-refractivity contribution in [2.24, 2.45) is 17.6 Å². The lowest BCUT2D eigenvalue weighted by atomic mass is 9.72. The van der Waals surface area contributed by atoms with Crippen LogP contribution in [0.15, 0.2) is 48.5 Å². The van der Waals surface area contributed by atoms with Crippen LogP contribution in [0.3, 0.4) is 0 Å². The first kappa shape index (κ1) is 26.2. The maximum absolute atomic E-state index is 13.3. The summed E-state index contributed by atoms with van der Waals surface area (Å²) >= 11 is 6.60.